The summed E-state index contributed by atoms with van der Waals surface area (Å²) in [7, 11) is 1.76. The Labute approximate surface area is 165 Å². The van der Waals surface area contributed by atoms with Crippen LogP contribution in [0, 0.1) is 0 Å². The van der Waals surface area contributed by atoms with E-state index in [0.717, 1.165) is 68.1 Å². The molecule has 28 heavy (non-hydrogen) atoms. The highest BCUT2D eigenvalue weighted by Gasteiger charge is 2.25. The van der Waals surface area contributed by atoms with E-state index in [2.05, 4.69) is 36.0 Å². The Morgan fingerprint density at radius 3 is 2.75 bits per heavy atom. The second-order valence-corrected chi connectivity index (χ2v) is 7.88. The van der Waals surface area contributed by atoms with E-state index in [-0.39, 0.29) is 0 Å². The third-order valence-electron chi connectivity index (χ3n) is 5.56. The van der Waals surface area contributed by atoms with Crippen LogP contribution in [0.15, 0.2) is 28.9 Å². The number of likely N-dealkylation sites (tertiary alicyclic amines) is 1. The smallest absolute Gasteiger partial charge is 0.275 e. The lowest BCUT2D eigenvalue weighted by molar-refractivity contribution is 0.152. The molecular formula is C21H29N5O2. The van der Waals surface area contributed by atoms with E-state index >= 15 is 0 Å². The second kappa shape index (κ2) is 8.41. The van der Waals surface area contributed by atoms with Crippen molar-refractivity contribution in [2.75, 3.05) is 33.4 Å². The van der Waals surface area contributed by atoms with Crippen LogP contribution >= 0.6 is 0 Å². The molecule has 0 unspecified atom stereocenters. The topological polar surface area (TPSA) is 69.2 Å². The number of hydrogen-bond donors (Lipinski definition) is 0. The lowest BCUT2D eigenvalue weighted by Crippen LogP contribution is -2.34. The molecule has 0 aliphatic carbocycles. The average molecular weight is 383 g/mol. The van der Waals surface area contributed by atoms with Gasteiger partial charge >= 0.3 is 0 Å². The molecule has 0 bridgehead atoms. The van der Waals surface area contributed by atoms with Gasteiger partial charge in [-0.25, -0.2) is 4.98 Å². The maximum atomic E-state index is 5.64. The predicted molar refractivity (Wildman–Crippen MR) is 108 cm³/mol. The third kappa shape index (κ3) is 3.95. The monoisotopic (exact) mass is 383 g/mol. The van der Waals surface area contributed by atoms with E-state index in [1.807, 2.05) is 16.8 Å². The number of rotatable bonds is 7. The lowest BCUT2D eigenvalue weighted by atomic mass is 9.97. The van der Waals surface area contributed by atoms with Crippen molar-refractivity contribution in [2.24, 2.45) is 0 Å². The van der Waals surface area contributed by atoms with Crippen LogP contribution in [0.5, 0.6) is 0 Å². The highest BCUT2D eigenvalue weighted by Crippen LogP contribution is 2.28. The summed E-state index contributed by atoms with van der Waals surface area (Å²) in [6.45, 7) is 8.35. The fourth-order valence-electron chi connectivity index (χ4n) is 3.83. The molecule has 7 nitrogen and oxygen atoms in total. The number of ether oxygens (including phenoxy) is 1. The van der Waals surface area contributed by atoms with E-state index in [0.29, 0.717) is 17.8 Å². The Hall–Kier alpha value is -2.25. The Bertz CT molecular complexity index is 909. The van der Waals surface area contributed by atoms with Crippen LogP contribution in [0.4, 0.5) is 0 Å². The van der Waals surface area contributed by atoms with Gasteiger partial charge in [0.1, 0.15) is 5.65 Å². The first kappa shape index (κ1) is 19.1. The molecule has 0 aromatic carbocycles. The van der Waals surface area contributed by atoms with Gasteiger partial charge in [-0.2, -0.15) is 4.98 Å². The van der Waals surface area contributed by atoms with Crippen molar-refractivity contribution in [3.05, 3.63) is 36.0 Å². The predicted octanol–water partition coefficient (Wildman–Crippen LogP) is 3.75. The maximum Gasteiger partial charge on any atom is 0.275 e. The van der Waals surface area contributed by atoms with Crippen LogP contribution in [-0.4, -0.2) is 57.9 Å². The molecule has 0 atom stereocenters. The van der Waals surface area contributed by atoms with E-state index in [9.17, 15) is 0 Å². The Morgan fingerprint density at radius 2 is 2.00 bits per heavy atom. The molecule has 150 valence electrons. The fraction of sp³-hybridized carbons (Fsp3) is 0.571. The molecule has 3 aromatic rings. The molecule has 0 amide bonds. The van der Waals surface area contributed by atoms with Crippen molar-refractivity contribution in [1.29, 1.82) is 0 Å². The maximum absolute atomic E-state index is 5.64. The van der Waals surface area contributed by atoms with Gasteiger partial charge in [-0.05, 0) is 61.6 Å². The summed E-state index contributed by atoms with van der Waals surface area (Å²) in [6.07, 6.45) is 5.15. The summed E-state index contributed by atoms with van der Waals surface area (Å²) in [5.74, 6) is 2.03. The minimum Gasteiger partial charge on any atom is -0.385 e. The summed E-state index contributed by atoms with van der Waals surface area (Å²) >= 11 is 0. The molecule has 0 radical (unpaired) electrons. The highest BCUT2D eigenvalue weighted by atomic mass is 16.5. The molecule has 1 fully saturated rings. The van der Waals surface area contributed by atoms with Gasteiger partial charge in [0.2, 0.25) is 5.89 Å². The number of pyridine rings is 1. The first-order chi connectivity index (χ1) is 13.7. The van der Waals surface area contributed by atoms with Crippen molar-refractivity contribution in [1.82, 2.24) is 24.6 Å². The summed E-state index contributed by atoms with van der Waals surface area (Å²) < 4.78 is 12.7. The minimum atomic E-state index is 0.334. The zero-order valence-corrected chi connectivity index (χ0v) is 17.0. The molecule has 0 saturated carbocycles. The zero-order chi connectivity index (χ0) is 19.5. The van der Waals surface area contributed by atoms with Crippen LogP contribution in [0.1, 0.15) is 56.5 Å². The van der Waals surface area contributed by atoms with Crippen LogP contribution < -0.4 is 0 Å². The lowest BCUT2D eigenvalue weighted by Gasteiger charge is -2.30. The standard InChI is InChI=1S/C21H29N5O2/c1-15(2)18-6-5-16-9-13-26(19(16)22-18)21-23-20(28-24-21)17-7-11-25(12-8-17)10-4-14-27-3/h5-6,9,13,15,17H,4,7-8,10-12,14H2,1-3H3. The molecule has 4 heterocycles. The molecule has 0 N–H and O–H groups in total. The first-order valence-corrected chi connectivity index (χ1v) is 10.2. The first-order valence-electron chi connectivity index (χ1n) is 10.2. The van der Waals surface area contributed by atoms with Gasteiger partial charge in [-0.3, -0.25) is 4.57 Å². The molecule has 3 aromatic heterocycles. The fourth-order valence-corrected chi connectivity index (χ4v) is 3.83. The van der Waals surface area contributed by atoms with Gasteiger partial charge in [-0.15, -0.1) is 0 Å². The minimum absolute atomic E-state index is 0.334. The Balaban J connectivity index is 1.47. The quantitative estimate of drug-likeness (QED) is 0.579. The molecule has 1 aliphatic rings. The molecule has 0 spiro atoms. The van der Waals surface area contributed by atoms with Gasteiger partial charge < -0.3 is 14.2 Å². The van der Waals surface area contributed by atoms with Gasteiger partial charge in [0.05, 0.1) is 0 Å². The molecule has 7 heteroatoms. The normalized spacial score (nSPS) is 16.4. The zero-order valence-electron chi connectivity index (χ0n) is 17.0. The van der Waals surface area contributed by atoms with Crippen LogP contribution in [0.25, 0.3) is 17.0 Å². The number of methoxy groups -OCH3 is 1. The van der Waals surface area contributed by atoms with E-state index in [4.69, 9.17) is 19.2 Å². The van der Waals surface area contributed by atoms with Crippen molar-refractivity contribution in [3.63, 3.8) is 0 Å². The number of aromatic nitrogens is 4. The summed E-state index contributed by atoms with van der Waals surface area (Å²) in [5, 5.41) is 5.33. The van der Waals surface area contributed by atoms with E-state index in [1.165, 1.54) is 0 Å². The molecule has 1 saturated heterocycles. The van der Waals surface area contributed by atoms with E-state index < -0.39 is 0 Å². The highest BCUT2D eigenvalue weighted by molar-refractivity contribution is 5.77. The average Bonchev–Trinajstić information content (AvgIpc) is 3.35. The molecule has 4 rings (SSSR count). The van der Waals surface area contributed by atoms with Crippen LogP contribution in [-0.2, 0) is 4.74 Å². The van der Waals surface area contributed by atoms with Crippen LogP contribution in [0.3, 0.4) is 0 Å². The van der Waals surface area contributed by atoms with Crippen LogP contribution in [0.2, 0.25) is 0 Å². The van der Waals surface area contributed by atoms with Gasteiger partial charge in [-0.1, -0.05) is 13.8 Å². The van der Waals surface area contributed by atoms with Crippen molar-refractivity contribution in [3.8, 4) is 5.95 Å². The molecule has 1 aliphatic heterocycles. The van der Waals surface area contributed by atoms with Crippen molar-refractivity contribution < 1.29 is 9.26 Å². The SMILES string of the molecule is COCCCN1CCC(c2nc(-n3ccc4ccc(C(C)C)nc43)no2)CC1. The van der Waals surface area contributed by atoms with Crippen molar-refractivity contribution >= 4 is 11.0 Å². The number of piperidine rings is 1. The largest absolute Gasteiger partial charge is 0.385 e. The number of hydrogen-bond acceptors (Lipinski definition) is 6. The summed E-state index contributed by atoms with van der Waals surface area (Å²) in [5.41, 5.74) is 1.95. The number of fused-ring (bicyclic) bond motifs is 1. The third-order valence-corrected chi connectivity index (χ3v) is 5.56. The van der Waals surface area contributed by atoms with Crippen molar-refractivity contribution in [2.45, 2.75) is 44.9 Å². The second-order valence-electron chi connectivity index (χ2n) is 7.88. The number of nitrogens with zero attached hydrogens (tertiary/aromatic N) is 5. The Morgan fingerprint density at radius 1 is 1.18 bits per heavy atom. The Kier molecular flexibility index (Phi) is 5.73. The summed E-state index contributed by atoms with van der Waals surface area (Å²) in [6, 6.07) is 6.23. The van der Waals surface area contributed by atoms with E-state index in [1.54, 1.807) is 7.11 Å². The summed E-state index contributed by atoms with van der Waals surface area (Å²) in [4.78, 5) is 12.0. The van der Waals surface area contributed by atoms with Gasteiger partial charge in [0, 0.05) is 43.5 Å². The van der Waals surface area contributed by atoms with Gasteiger partial charge in [0.25, 0.3) is 5.95 Å². The molecular weight excluding hydrogens is 354 g/mol. The van der Waals surface area contributed by atoms with Gasteiger partial charge in [0.15, 0.2) is 0 Å².